The molecule has 2 aliphatic carbocycles. The van der Waals surface area contributed by atoms with Gasteiger partial charge < -0.3 is 9.47 Å². The molecular weight excluding hydrogens is 607 g/mol. The largest absolute Gasteiger partial charge is 0.486 e. The average Bonchev–Trinajstić information content (AvgIpc) is 2.78. The van der Waals surface area contributed by atoms with Crippen molar-refractivity contribution in [2.45, 2.75) is 51.0 Å². The fourth-order valence-electron chi connectivity index (χ4n) is 4.82. The van der Waals surface area contributed by atoms with E-state index in [-0.39, 0.29) is 18.2 Å². The zero-order valence-corrected chi connectivity index (χ0v) is 22.7. The fraction of sp³-hybridized carbons (Fsp3) is 0.308. The first-order chi connectivity index (χ1) is 16.3. The molecule has 0 fully saturated rings. The second-order valence-corrected chi connectivity index (χ2v) is 11.2. The maximum absolute atomic E-state index is 13.0. The van der Waals surface area contributed by atoms with E-state index < -0.39 is 5.92 Å². The number of rotatable bonds is 4. The molecule has 0 aromatic heterocycles. The first-order valence-electron chi connectivity index (χ1n) is 11.1. The third-order valence-electron chi connectivity index (χ3n) is 6.38. The Labute approximate surface area is 224 Å². The lowest BCUT2D eigenvalue weighted by molar-refractivity contribution is -0.117. The molecule has 0 bridgehead atoms. The number of benzene rings is 2. The fourth-order valence-corrected chi connectivity index (χ4v) is 6.74. The molecule has 3 aliphatic rings. The number of ketones is 2. The van der Waals surface area contributed by atoms with E-state index >= 15 is 0 Å². The summed E-state index contributed by atoms with van der Waals surface area (Å²) in [5.41, 5.74) is 2.91. The predicted octanol–water partition coefficient (Wildman–Crippen LogP) is 8.23. The summed E-state index contributed by atoms with van der Waals surface area (Å²) in [5, 5.41) is 1.10. The molecule has 2 aromatic rings. The summed E-state index contributed by atoms with van der Waals surface area (Å²) < 4.78 is 13.6. The number of carbonyl (C=O) groups excluding carboxylic acids is 2. The lowest BCUT2D eigenvalue weighted by Gasteiger charge is -2.36. The van der Waals surface area contributed by atoms with Gasteiger partial charge in [0, 0.05) is 58.4 Å². The summed E-state index contributed by atoms with van der Waals surface area (Å²) >= 11 is 19.5. The van der Waals surface area contributed by atoms with Crippen LogP contribution in [0.15, 0.2) is 61.9 Å². The summed E-state index contributed by atoms with van der Waals surface area (Å²) in [6.45, 7) is 0.255. The quantitative estimate of drug-likeness (QED) is 0.343. The number of hydrogen-bond donors (Lipinski definition) is 0. The van der Waals surface area contributed by atoms with E-state index in [2.05, 4.69) is 31.9 Å². The average molecular weight is 627 g/mol. The third-order valence-corrected chi connectivity index (χ3v) is 8.15. The molecule has 0 atom stereocenters. The Bertz CT molecular complexity index is 1220. The highest BCUT2D eigenvalue weighted by atomic mass is 79.9. The summed E-state index contributed by atoms with van der Waals surface area (Å²) in [7, 11) is 0. The highest BCUT2D eigenvalue weighted by Gasteiger charge is 2.42. The van der Waals surface area contributed by atoms with Crippen molar-refractivity contribution in [2.24, 2.45) is 0 Å². The van der Waals surface area contributed by atoms with Crippen molar-refractivity contribution in [3.05, 3.63) is 83.1 Å². The van der Waals surface area contributed by atoms with Crippen molar-refractivity contribution in [3.63, 3.8) is 0 Å². The molecule has 34 heavy (non-hydrogen) atoms. The van der Waals surface area contributed by atoms with Gasteiger partial charge >= 0.3 is 0 Å². The Morgan fingerprint density at radius 3 is 2.03 bits per heavy atom. The minimum atomic E-state index is -0.424. The number of hydrogen-bond acceptors (Lipinski definition) is 4. The van der Waals surface area contributed by atoms with Crippen LogP contribution in [-0.4, -0.2) is 11.6 Å². The lowest BCUT2D eigenvalue weighted by Crippen LogP contribution is -2.30. The molecule has 0 N–H and O–H groups in total. The number of ether oxygens (including phenoxy) is 2. The third kappa shape index (κ3) is 4.50. The van der Waals surface area contributed by atoms with Crippen LogP contribution in [0, 0.1) is 0 Å². The van der Waals surface area contributed by atoms with E-state index in [4.69, 9.17) is 32.7 Å². The highest BCUT2D eigenvalue weighted by molar-refractivity contribution is 9.11. The number of allylic oxidation sites excluding steroid dienone is 4. The molecule has 0 saturated carbocycles. The van der Waals surface area contributed by atoms with E-state index in [0.29, 0.717) is 61.6 Å². The monoisotopic (exact) mass is 624 g/mol. The van der Waals surface area contributed by atoms with Gasteiger partial charge in [-0.15, -0.1) is 0 Å². The van der Waals surface area contributed by atoms with Gasteiger partial charge in [-0.05, 0) is 74.5 Å². The minimum Gasteiger partial charge on any atom is -0.486 e. The van der Waals surface area contributed by atoms with E-state index in [1.165, 1.54) is 0 Å². The van der Waals surface area contributed by atoms with Crippen LogP contribution in [0.2, 0.25) is 10.0 Å². The van der Waals surface area contributed by atoms with Gasteiger partial charge in [0.05, 0.1) is 8.95 Å². The highest BCUT2D eigenvalue weighted by Crippen LogP contribution is 2.49. The van der Waals surface area contributed by atoms with Gasteiger partial charge in [-0.1, -0.05) is 29.3 Å². The van der Waals surface area contributed by atoms with Crippen LogP contribution in [0.5, 0.6) is 5.75 Å². The Hall–Kier alpha value is -1.60. The van der Waals surface area contributed by atoms with Crippen LogP contribution in [0.25, 0.3) is 0 Å². The van der Waals surface area contributed by atoms with Crippen LogP contribution < -0.4 is 4.74 Å². The van der Waals surface area contributed by atoms with Crippen LogP contribution in [0.1, 0.15) is 55.6 Å². The van der Waals surface area contributed by atoms with Crippen molar-refractivity contribution in [1.29, 1.82) is 0 Å². The van der Waals surface area contributed by atoms with Crippen molar-refractivity contribution >= 4 is 66.6 Å². The van der Waals surface area contributed by atoms with Crippen LogP contribution >= 0.6 is 55.1 Å². The minimum absolute atomic E-state index is 0.0566. The zero-order chi connectivity index (χ0) is 24.0. The van der Waals surface area contributed by atoms with Gasteiger partial charge in [0.25, 0.3) is 0 Å². The number of halogens is 4. The molecule has 1 heterocycles. The second kappa shape index (κ2) is 9.81. The van der Waals surface area contributed by atoms with Gasteiger partial charge in [0.1, 0.15) is 23.9 Å². The molecule has 1 aliphatic heterocycles. The lowest BCUT2D eigenvalue weighted by atomic mass is 9.73. The first kappa shape index (κ1) is 24.1. The van der Waals surface area contributed by atoms with Crippen LogP contribution in [0.4, 0.5) is 0 Å². The normalized spacial score (nSPS) is 18.6. The summed E-state index contributed by atoms with van der Waals surface area (Å²) in [4.78, 5) is 26.0. The Balaban J connectivity index is 1.52. The molecule has 0 spiro atoms. The van der Waals surface area contributed by atoms with Gasteiger partial charge in [-0.3, -0.25) is 9.59 Å². The molecular formula is C26H20Br2Cl2O4. The first-order valence-corrected chi connectivity index (χ1v) is 13.4. The van der Waals surface area contributed by atoms with E-state index in [1.54, 1.807) is 12.1 Å². The number of carbonyl (C=O) groups is 2. The number of Topliss-reactive ketones (excluding diaryl/α,β-unsaturated/α-hetero) is 2. The van der Waals surface area contributed by atoms with Crippen molar-refractivity contribution < 1.29 is 19.1 Å². The van der Waals surface area contributed by atoms with Gasteiger partial charge in [0.2, 0.25) is 0 Å². The molecule has 0 radical (unpaired) electrons. The van der Waals surface area contributed by atoms with Crippen LogP contribution in [-0.2, 0) is 20.9 Å². The Morgan fingerprint density at radius 1 is 0.882 bits per heavy atom. The van der Waals surface area contributed by atoms with Gasteiger partial charge in [-0.2, -0.15) is 0 Å². The maximum atomic E-state index is 13.0. The summed E-state index contributed by atoms with van der Waals surface area (Å²) in [6.07, 6.45) is 3.92. The molecule has 0 saturated heterocycles. The molecule has 0 amide bonds. The zero-order valence-electron chi connectivity index (χ0n) is 18.1. The Morgan fingerprint density at radius 2 is 1.47 bits per heavy atom. The van der Waals surface area contributed by atoms with E-state index in [9.17, 15) is 9.59 Å². The predicted molar refractivity (Wildman–Crippen MR) is 138 cm³/mol. The van der Waals surface area contributed by atoms with Gasteiger partial charge in [-0.25, -0.2) is 0 Å². The summed E-state index contributed by atoms with van der Waals surface area (Å²) in [6, 6.07) is 9.13. The maximum Gasteiger partial charge on any atom is 0.163 e. The van der Waals surface area contributed by atoms with Crippen molar-refractivity contribution in [1.82, 2.24) is 0 Å². The van der Waals surface area contributed by atoms with E-state index in [0.717, 1.165) is 35.5 Å². The second-order valence-electron chi connectivity index (χ2n) is 8.60. The molecule has 2 aromatic carbocycles. The Kier molecular flexibility index (Phi) is 6.95. The topological polar surface area (TPSA) is 52.6 Å². The van der Waals surface area contributed by atoms with E-state index in [1.807, 2.05) is 18.2 Å². The smallest absolute Gasteiger partial charge is 0.163 e. The molecule has 176 valence electrons. The van der Waals surface area contributed by atoms with Crippen molar-refractivity contribution in [3.8, 4) is 5.75 Å². The van der Waals surface area contributed by atoms with Crippen LogP contribution in [0.3, 0.4) is 0 Å². The standard InChI is InChI=1S/C26H20Br2Cl2O4/c27-16-9-14(10-17(28)26(16)33-12-13-7-8-15(29)11-18(13)30)23-24-19(31)3-1-5-21(24)34-22-6-2-4-20(32)25(22)23/h7-11,23H,1-6,12H2. The van der Waals surface area contributed by atoms with Gasteiger partial charge in [0.15, 0.2) is 11.6 Å². The summed E-state index contributed by atoms with van der Waals surface area (Å²) in [5.74, 6) is 1.74. The molecule has 8 heteroatoms. The molecule has 5 rings (SSSR count). The molecule has 4 nitrogen and oxygen atoms in total. The van der Waals surface area contributed by atoms with Crippen molar-refractivity contribution in [2.75, 3.05) is 0 Å². The molecule has 0 unspecified atom stereocenters. The SMILES string of the molecule is O=C1CCCC2=C1C(c1cc(Br)c(OCc3ccc(Cl)cc3Cl)c(Br)c1)C1=C(CCCC1=O)O2.